The first kappa shape index (κ1) is 18.0. The summed E-state index contributed by atoms with van der Waals surface area (Å²) < 4.78 is 28.1. The topological polar surface area (TPSA) is 66.5 Å². The third kappa shape index (κ3) is 3.58. The minimum atomic E-state index is -3.64. The fourth-order valence-electron chi connectivity index (χ4n) is 3.54. The van der Waals surface area contributed by atoms with Crippen molar-refractivity contribution in [2.75, 3.05) is 16.2 Å². The molecule has 2 aromatic rings. The molecule has 1 aliphatic carbocycles. The third-order valence-corrected chi connectivity index (χ3v) is 6.81. The molecule has 1 aliphatic heterocycles. The minimum Gasteiger partial charge on any atom is -0.312 e. The van der Waals surface area contributed by atoms with E-state index in [1.165, 1.54) is 0 Å². The van der Waals surface area contributed by atoms with Crippen LogP contribution in [0, 0.1) is 19.8 Å². The largest absolute Gasteiger partial charge is 0.312 e. The van der Waals surface area contributed by atoms with Gasteiger partial charge in [-0.2, -0.15) is 0 Å². The quantitative estimate of drug-likeness (QED) is 0.872. The number of carbonyl (C=O) groups is 1. The number of sulfonamides is 1. The zero-order chi connectivity index (χ0) is 19.2. The van der Waals surface area contributed by atoms with Crippen LogP contribution in [0.1, 0.15) is 36.0 Å². The standard InChI is InChI=1S/C21H24N2O3S/c1-14-5-9-19(12-15(14)2)27(25,26)22-18-8-10-20-17(13-18)4-3-11-23(20)21(24)16-6-7-16/h5,8-10,12-13,16,22H,3-4,6-7,11H2,1-2H3. The van der Waals surface area contributed by atoms with Crippen LogP contribution in [0.3, 0.4) is 0 Å². The Labute approximate surface area is 160 Å². The number of rotatable bonds is 4. The second-order valence-electron chi connectivity index (χ2n) is 7.56. The Morgan fingerprint density at radius 2 is 1.85 bits per heavy atom. The summed E-state index contributed by atoms with van der Waals surface area (Å²) in [5.41, 5.74) is 4.48. The molecule has 1 saturated carbocycles. The van der Waals surface area contributed by atoms with E-state index >= 15 is 0 Å². The van der Waals surface area contributed by atoms with Crippen LogP contribution in [-0.2, 0) is 21.2 Å². The van der Waals surface area contributed by atoms with Gasteiger partial charge in [0, 0.05) is 23.8 Å². The van der Waals surface area contributed by atoms with Crippen molar-refractivity contribution in [3.05, 3.63) is 53.1 Å². The molecule has 1 N–H and O–H groups in total. The van der Waals surface area contributed by atoms with Crippen LogP contribution in [0.2, 0.25) is 0 Å². The summed E-state index contributed by atoms with van der Waals surface area (Å²) in [6.45, 7) is 4.60. The van der Waals surface area contributed by atoms with Gasteiger partial charge in [-0.25, -0.2) is 8.42 Å². The molecule has 1 fully saturated rings. The Balaban J connectivity index is 1.60. The van der Waals surface area contributed by atoms with Crippen LogP contribution < -0.4 is 9.62 Å². The van der Waals surface area contributed by atoms with E-state index in [0.717, 1.165) is 54.6 Å². The summed E-state index contributed by atoms with van der Waals surface area (Å²) in [6, 6.07) is 10.6. The molecule has 2 aliphatic rings. The normalized spacial score (nSPS) is 16.7. The highest BCUT2D eigenvalue weighted by molar-refractivity contribution is 7.92. The lowest BCUT2D eigenvalue weighted by atomic mass is 10.0. The maximum Gasteiger partial charge on any atom is 0.261 e. The van der Waals surface area contributed by atoms with E-state index in [4.69, 9.17) is 0 Å². The number of anilines is 2. The van der Waals surface area contributed by atoms with E-state index in [1.807, 2.05) is 36.9 Å². The highest BCUT2D eigenvalue weighted by Crippen LogP contribution is 2.36. The van der Waals surface area contributed by atoms with Gasteiger partial charge in [-0.05, 0) is 86.6 Å². The summed E-state index contributed by atoms with van der Waals surface area (Å²) in [4.78, 5) is 14.6. The Morgan fingerprint density at radius 1 is 1.07 bits per heavy atom. The van der Waals surface area contributed by atoms with Gasteiger partial charge in [0.15, 0.2) is 0 Å². The van der Waals surface area contributed by atoms with Crippen LogP contribution >= 0.6 is 0 Å². The van der Waals surface area contributed by atoms with E-state index in [1.54, 1.807) is 18.2 Å². The van der Waals surface area contributed by atoms with Gasteiger partial charge in [-0.3, -0.25) is 9.52 Å². The lowest BCUT2D eigenvalue weighted by molar-refractivity contribution is -0.119. The fourth-order valence-corrected chi connectivity index (χ4v) is 4.67. The smallest absolute Gasteiger partial charge is 0.261 e. The van der Waals surface area contributed by atoms with E-state index in [9.17, 15) is 13.2 Å². The molecule has 0 bridgehead atoms. The van der Waals surface area contributed by atoms with Crippen molar-refractivity contribution < 1.29 is 13.2 Å². The fraction of sp³-hybridized carbons (Fsp3) is 0.381. The van der Waals surface area contributed by atoms with Crippen LogP contribution in [0.4, 0.5) is 11.4 Å². The summed E-state index contributed by atoms with van der Waals surface area (Å²) in [5, 5.41) is 0. The summed E-state index contributed by atoms with van der Waals surface area (Å²) >= 11 is 0. The van der Waals surface area contributed by atoms with Gasteiger partial charge in [0.1, 0.15) is 0 Å². The molecule has 1 amide bonds. The molecule has 27 heavy (non-hydrogen) atoms. The molecular weight excluding hydrogens is 360 g/mol. The number of carbonyl (C=O) groups excluding carboxylic acids is 1. The number of benzene rings is 2. The summed E-state index contributed by atoms with van der Waals surface area (Å²) in [6.07, 6.45) is 3.72. The van der Waals surface area contributed by atoms with Gasteiger partial charge >= 0.3 is 0 Å². The molecule has 0 aromatic heterocycles. The van der Waals surface area contributed by atoms with Crippen LogP contribution in [0.15, 0.2) is 41.3 Å². The first-order valence-corrected chi connectivity index (χ1v) is 10.9. The van der Waals surface area contributed by atoms with Gasteiger partial charge in [0.25, 0.3) is 10.0 Å². The molecule has 0 atom stereocenters. The Kier molecular flexibility index (Phi) is 4.46. The number of nitrogens with one attached hydrogen (secondary N) is 1. The molecule has 5 nitrogen and oxygen atoms in total. The molecular formula is C21H24N2O3S. The van der Waals surface area contributed by atoms with Gasteiger partial charge < -0.3 is 4.90 Å². The summed E-state index contributed by atoms with van der Waals surface area (Å²) in [7, 11) is -3.64. The molecule has 0 radical (unpaired) electrons. The lowest BCUT2D eigenvalue weighted by Crippen LogP contribution is -2.36. The second-order valence-corrected chi connectivity index (χ2v) is 9.25. The zero-order valence-electron chi connectivity index (χ0n) is 15.7. The van der Waals surface area contributed by atoms with E-state index in [0.29, 0.717) is 5.69 Å². The van der Waals surface area contributed by atoms with Crippen LogP contribution in [-0.4, -0.2) is 20.9 Å². The van der Waals surface area contributed by atoms with Crippen LogP contribution in [0.25, 0.3) is 0 Å². The van der Waals surface area contributed by atoms with Crippen molar-refractivity contribution in [2.24, 2.45) is 5.92 Å². The van der Waals surface area contributed by atoms with E-state index in [-0.39, 0.29) is 16.7 Å². The maximum atomic E-state index is 12.7. The van der Waals surface area contributed by atoms with Crippen molar-refractivity contribution >= 4 is 27.3 Å². The van der Waals surface area contributed by atoms with E-state index in [2.05, 4.69) is 4.72 Å². The molecule has 4 rings (SSSR count). The van der Waals surface area contributed by atoms with Crippen molar-refractivity contribution in [2.45, 2.75) is 44.4 Å². The predicted octanol–water partition coefficient (Wildman–Crippen LogP) is 3.79. The van der Waals surface area contributed by atoms with E-state index < -0.39 is 10.0 Å². The predicted molar refractivity (Wildman–Crippen MR) is 107 cm³/mol. The minimum absolute atomic E-state index is 0.180. The Bertz CT molecular complexity index is 1010. The van der Waals surface area contributed by atoms with Crippen molar-refractivity contribution in [1.82, 2.24) is 0 Å². The number of hydrogen-bond acceptors (Lipinski definition) is 3. The molecule has 0 saturated heterocycles. The first-order chi connectivity index (χ1) is 12.8. The number of hydrogen-bond donors (Lipinski definition) is 1. The molecule has 2 aromatic carbocycles. The van der Waals surface area contributed by atoms with Crippen molar-refractivity contribution in [1.29, 1.82) is 0 Å². The van der Waals surface area contributed by atoms with Gasteiger partial charge in [-0.15, -0.1) is 0 Å². The number of nitrogens with zero attached hydrogens (tertiary/aromatic N) is 1. The molecule has 0 spiro atoms. The average Bonchev–Trinajstić information content (AvgIpc) is 3.47. The molecule has 1 heterocycles. The zero-order valence-corrected chi connectivity index (χ0v) is 16.5. The Morgan fingerprint density at radius 3 is 2.56 bits per heavy atom. The van der Waals surface area contributed by atoms with Gasteiger partial charge in [0.05, 0.1) is 4.90 Å². The number of aryl methyl sites for hydroxylation is 3. The highest BCUT2D eigenvalue weighted by Gasteiger charge is 2.35. The third-order valence-electron chi connectivity index (χ3n) is 5.43. The number of fused-ring (bicyclic) bond motifs is 1. The highest BCUT2D eigenvalue weighted by atomic mass is 32.2. The second kappa shape index (κ2) is 6.68. The monoisotopic (exact) mass is 384 g/mol. The van der Waals surface area contributed by atoms with Crippen molar-refractivity contribution in [3.63, 3.8) is 0 Å². The van der Waals surface area contributed by atoms with Crippen molar-refractivity contribution in [3.8, 4) is 0 Å². The van der Waals surface area contributed by atoms with Gasteiger partial charge in [0.2, 0.25) is 5.91 Å². The molecule has 142 valence electrons. The lowest BCUT2D eigenvalue weighted by Gasteiger charge is -2.30. The molecule has 6 heteroatoms. The average molecular weight is 385 g/mol. The SMILES string of the molecule is Cc1ccc(S(=O)(=O)Nc2ccc3c(c2)CCCN3C(=O)C2CC2)cc1C. The first-order valence-electron chi connectivity index (χ1n) is 9.39. The maximum absolute atomic E-state index is 12.7. The van der Waals surface area contributed by atoms with Crippen LogP contribution in [0.5, 0.6) is 0 Å². The molecule has 0 unspecified atom stereocenters. The summed E-state index contributed by atoms with van der Waals surface area (Å²) in [5.74, 6) is 0.387. The Hall–Kier alpha value is -2.34. The number of amides is 1. The van der Waals surface area contributed by atoms with Gasteiger partial charge in [-0.1, -0.05) is 6.07 Å².